The van der Waals surface area contributed by atoms with Gasteiger partial charge in [-0.25, -0.2) is 0 Å². The van der Waals surface area contributed by atoms with Gasteiger partial charge < -0.3 is 10.1 Å². The molecule has 0 aromatic heterocycles. The van der Waals surface area contributed by atoms with Gasteiger partial charge in [0, 0.05) is 9.29 Å². The van der Waals surface area contributed by atoms with Crippen molar-refractivity contribution < 1.29 is 12.3 Å². The lowest BCUT2D eigenvalue weighted by atomic mass is 10.1. The quantitative estimate of drug-likeness (QED) is 0.580. The van der Waals surface area contributed by atoms with Gasteiger partial charge in [-0.2, -0.15) is 0 Å². The van der Waals surface area contributed by atoms with E-state index in [0.717, 1.165) is 0 Å². The van der Waals surface area contributed by atoms with Gasteiger partial charge in [-0.05, 0) is 25.8 Å². The van der Waals surface area contributed by atoms with E-state index in [9.17, 15) is 4.79 Å². The SMILES string of the molecule is [2H]C1([2H])NCC2(C(=O)OCC)CC12. The summed E-state index contributed by atoms with van der Waals surface area (Å²) in [6.07, 6.45) is 0.631. The molecular formula is C8H13NO2. The number of hydrogen-bond acceptors (Lipinski definition) is 3. The van der Waals surface area contributed by atoms with E-state index < -0.39 is 11.9 Å². The van der Waals surface area contributed by atoms with E-state index in [1.807, 2.05) is 0 Å². The second-order valence-electron chi connectivity index (χ2n) is 3.13. The Hall–Kier alpha value is -0.570. The first-order valence-corrected chi connectivity index (χ1v) is 3.95. The van der Waals surface area contributed by atoms with Crippen molar-refractivity contribution in [3.05, 3.63) is 0 Å². The number of nitrogens with one attached hydrogen (secondary N) is 1. The van der Waals surface area contributed by atoms with Crippen LogP contribution in [-0.2, 0) is 9.53 Å². The summed E-state index contributed by atoms with van der Waals surface area (Å²) in [4.78, 5) is 11.5. The first-order valence-electron chi connectivity index (χ1n) is 4.95. The predicted octanol–water partition coefficient (Wildman–Crippen LogP) is 0.159. The number of carbonyl (C=O) groups excluding carboxylic acids is 1. The molecule has 0 aromatic carbocycles. The molecule has 1 saturated heterocycles. The highest BCUT2D eigenvalue weighted by Crippen LogP contribution is 2.55. The van der Waals surface area contributed by atoms with Gasteiger partial charge in [-0.3, -0.25) is 4.79 Å². The predicted molar refractivity (Wildman–Crippen MR) is 40.0 cm³/mol. The largest absolute Gasteiger partial charge is 0.466 e. The van der Waals surface area contributed by atoms with E-state index in [4.69, 9.17) is 7.48 Å². The summed E-state index contributed by atoms with van der Waals surface area (Å²) in [6, 6.07) is 0. The summed E-state index contributed by atoms with van der Waals surface area (Å²) in [7, 11) is 0. The monoisotopic (exact) mass is 157 g/mol. The molecule has 0 radical (unpaired) electrons. The molecule has 11 heavy (non-hydrogen) atoms. The maximum atomic E-state index is 11.5. The fraction of sp³-hybridized carbons (Fsp3) is 0.875. The Balaban J connectivity index is 2.08. The average Bonchev–Trinajstić information content (AvgIpc) is 2.73. The summed E-state index contributed by atoms with van der Waals surface area (Å²) < 4.78 is 20.0. The van der Waals surface area contributed by atoms with Gasteiger partial charge in [0.1, 0.15) is 0 Å². The molecule has 2 fully saturated rings. The summed E-state index contributed by atoms with van der Waals surface area (Å²) in [5, 5.41) is 2.71. The van der Waals surface area contributed by atoms with Gasteiger partial charge >= 0.3 is 5.97 Å². The minimum absolute atomic E-state index is 0.181. The zero-order valence-corrected chi connectivity index (χ0v) is 6.52. The molecule has 1 aliphatic heterocycles. The van der Waals surface area contributed by atoms with Gasteiger partial charge in [0.25, 0.3) is 0 Å². The molecule has 0 amide bonds. The third-order valence-corrected chi connectivity index (χ3v) is 2.44. The Morgan fingerprint density at radius 3 is 3.27 bits per heavy atom. The van der Waals surface area contributed by atoms with Crippen molar-refractivity contribution in [1.29, 1.82) is 0 Å². The molecule has 2 unspecified atom stereocenters. The Kier molecular flexibility index (Phi) is 1.03. The summed E-state index contributed by atoms with van der Waals surface area (Å²) in [5.41, 5.74) is -0.542. The lowest BCUT2D eigenvalue weighted by Gasteiger charge is -2.09. The molecule has 1 saturated carbocycles. The van der Waals surface area contributed by atoms with Gasteiger partial charge in [0.05, 0.1) is 12.0 Å². The topological polar surface area (TPSA) is 38.3 Å². The molecule has 62 valence electrons. The summed E-state index contributed by atoms with van der Waals surface area (Å²) in [6.45, 7) is 1.18. The zero-order chi connectivity index (χ0) is 9.69. The van der Waals surface area contributed by atoms with Gasteiger partial charge in [-0.15, -0.1) is 0 Å². The van der Waals surface area contributed by atoms with Crippen LogP contribution in [0.4, 0.5) is 0 Å². The summed E-state index contributed by atoms with van der Waals surface area (Å²) >= 11 is 0. The third kappa shape index (κ3) is 0.872. The van der Waals surface area contributed by atoms with E-state index in [2.05, 4.69) is 5.32 Å². The minimum atomic E-state index is -1.38. The number of hydrogen-bond donors (Lipinski definition) is 1. The molecule has 3 heteroatoms. The molecule has 2 aliphatic rings. The highest BCUT2D eigenvalue weighted by atomic mass is 16.5. The summed E-state index contributed by atoms with van der Waals surface area (Å²) in [5.74, 6) is -0.423. The molecule has 1 heterocycles. The van der Waals surface area contributed by atoms with Crippen molar-refractivity contribution >= 4 is 5.97 Å². The van der Waals surface area contributed by atoms with Crippen molar-refractivity contribution in [2.24, 2.45) is 11.3 Å². The van der Waals surface area contributed by atoms with Crippen LogP contribution in [0.3, 0.4) is 0 Å². The third-order valence-electron chi connectivity index (χ3n) is 2.44. The van der Waals surface area contributed by atoms with E-state index >= 15 is 0 Å². The normalized spacial score (nSPS) is 47.2. The highest BCUT2D eigenvalue weighted by molar-refractivity contribution is 5.81. The fourth-order valence-electron chi connectivity index (χ4n) is 1.59. The van der Waals surface area contributed by atoms with Crippen molar-refractivity contribution in [1.82, 2.24) is 5.32 Å². The van der Waals surface area contributed by atoms with Crippen LogP contribution in [0.2, 0.25) is 0 Å². The van der Waals surface area contributed by atoms with Crippen molar-refractivity contribution in [3.8, 4) is 0 Å². The zero-order valence-electron chi connectivity index (χ0n) is 8.52. The van der Waals surface area contributed by atoms with E-state index in [1.54, 1.807) is 6.92 Å². The first kappa shape index (κ1) is 5.14. The molecule has 0 spiro atoms. The molecule has 1 aliphatic carbocycles. The van der Waals surface area contributed by atoms with Crippen molar-refractivity contribution in [2.45, 2.75) is 13.3 Å². The Morgan fingerprint density at radius 1 is 2.00 bits per heavy atom. The number of piperidine rings is 1. The van der Waals surface area contributed by atoms with Crippen LogP contribution < -0.4 is 5.32 Å². The molecule has 3 nitrogen and oxygen atoms in total. The Bertz CT molecular complexity index is 257. The van der Waals surface area contributed by atoms with E-state index in [1.165, 1.54) is 0 Å². The maximum Gasteiger partial charge on any atom is 0.313 e. The Labute approximate surface area is 68.9 Å². The lowest BCUT2D eigenvalue weighted by molar-refractivity contribution is -0.149. The number of carbonyl (C=O) groups is 1. The molecule has 0 aromatic rings. The minimum Gasteiger partial charge on any atom is -0.466 e. The van der Waals surface area contributed by atoms with Gasteiger partial charge in [0.15, 0.2) is 0 Å². The van der Waals surface area contributed by atoms with Crippen LogP contribution in [0, 0.1) is 11.3 Å². The number of rotatable bonds is 2. The second kappa shape index (κ2) is 2.21. The van der Waals surface area contributed by atoms with Crippen LogP contribution >= 0.6 is 0 Å². The van der Waals surface area contributed by atoms with Crippen LogP contribution in [-0.4, -0.2) is 25.6 Å². The molecule has 1 N–H and O–H groups in total. The molecule has 2 atom stereocenters. The van der Waals surface area contributed by atoms with Gasteiger partial charge in [0.2, 0.25) is 0 Å². The van der Waals surface area contributed by atoms with Crippen LogP contribution in [0.1, 0.15) is 16.1 Å². The number of fused-ring (bicyclic) bond motifs is 1. The van der Waals surface area contributed by atoms with Crippen LogP contribution in [0.25, 0.3) is 0 Å². The van der Waals surface area contributed by atoms with E-state index in [-0.39, 0.29) is 11.9 Å². The molecular weight excluding hydrogens is 142 g/mol. The van der Waals surface area contributed by atoms with E-state index in [0.29, 0.717) is 19.6 Å². The first-order chi connectivity index (χ1) is 6.03. The number of esters is 1. The molecule has 2 rings (SSSR count). The second-order valence-corrected chi connectivity index (χ2v) is 3.13. The van der Waals surface area contributed by atoms with Crippen molar-refractivity contribution in [2.75, 3.05) is 19.6 Å². The average molecular weight is 157 g/mol. The molecule has 0 bridgehead atoms. The lowest BCUT2D eigenvalue weighted by Crippen LogP contribution is -2.25. The maximum absolute atomic E-state index is 11.5. The van der Waals surface area contributed by atoms with Crippen LogP contribution in [0.5, 0.6) is 0 Å². The highest BCUT2D eigenvalue weighted by Gasteiger charge is 2.63. The number of ether oxygens (including phenoxy) is 1. The fourth-order valence-corrected chi connectivity index (χ4v) is 1.59. The standard InChI is InChI=1S/C8H13NO2/c1-2-11-7(10)8-3-6(8)4-9-5-8/h6,9H,2-5H2,1H3/i4D2. The Morgan fingerprint density at radius 2 is 2.82 bits per heavy atom. The van der Waals surface area contributed by atoms with Gasteiger partial charge in [-0.1, -0.05) is 0 Å². The smallest absolute Gasteiger partial charge is 0.313 e. The van der Waals surface area contributed by atoms with Crippen molar-refractivity contribution in [3.63, 3.8) is 0 Å². The van der Waals surface area contributed by atoms with Crippen LogP contribution in [0.15, 0.2) is 0 Å².